The number of para-hydroxylation sites is 1. The minimum Gasteiger partial charge on any atom is -0.493 e. The number of rotatable bonds is 6. The van der Waals surface area contributed by atoms with Crippen LogP contribution in [0.15, 0.2) is 24.3 Å². The van der Waals surface area contributed by atoms with Gasteiger partial charge in [0.25, 0.3) is 10.2 Å². The van der Waals surface area contributed by atoms with E-state index in [0.717, 1.165) is 30.6 Å². The van der Waals surface area contributed by atoms with Crippen LogP contribution < -0.4 is 9.46 Å². The summed E-state index contributed by atoms with van der Waals surface area (Å²) in [6, 6.07) is 7.93. The van der Waals surface area contributed by atoms with Crippen molar-refractivity contribution in [1.29, 1.82) is 0 Å². The summed E-state index contributed by atoms with van der Waals surface area (Å²) in [7, 11) is -1.72. The molecular weight excluding hydrogens is 328 g/mol. The maximum absolute atomic E-state index is 12.5. The number of hydrogen-bond donors (Lipinski definition) is 1. The van der Waals surface area contributed by atoms with Crippen molar-refractivity contribution in [1.82, 2.24) is 9.03 Å². The Morgan fingerprint density at radius 2 is 2.00 bits per heavy atom. The first kappa shape index (κ1) is 17.7. The third kappa shape index (κ3) is 4.27. The summed E-state index contributed by atoms with van der Waals surface area (Å²) in [5, 5.41) is 0. The van der Waals surface area contributed by atoms with Crippen LogP contribution in [0.1, 0.15) is 18.4 Å². The summed E-state index contributed by atoms with van der Waals surface area (Å²) in [6.07, 6.45) is 2.55. The molecule has 134 valence electrons. The molecule has 1 aromatic rings. The molecule has 0 spiro atoms. The Bertz CT molecular complexity index is 642. The fourth-order valence-electron chi connectivity index (χ4n) is 3.39. The van der Waals surface area contributed by atoms with E-state index >= 15 is 0 Å². The molecule has 6 nitrogen and oxygen atoms in total. The molecular formula is C17H26N2O4S. The number of methoxy groups -OCH3 is 1. The Labute approximate surface area is 144 Å². The Balaban J connectivity index is 1.49. The van der Waals surface area contributed by atoms with E-state index in [2.05, 4.69) is 4.72 Å². The standard InChI is InChI=1S/C17H26N2O4S/c1-22-12-14-6-8-19(9-7-14)24(20,21)18-11-15-10-16-4-2-3-5-17(16)23-13-15/h2-5,14-15,18H,6-13H2,1H3. The lowest BCUT2D eigenvalue weighted by atomic mass is 9.97. The van der Waals surface area contributed by atoms with Crippen molar-refractivity contribution >= 4 is 10.2 Å². The van der Waals surface area contributed by atoms with Gasteiger partial charge in [0.05, 0.1) is 6.61 Å². The van der Waals surface area contributed by atoms with Gasteiger partial charge in [0, 0.05) is 39.3 Å². The summed E-state index contributed by atoms with van der Waals surface area (Å²) in [6.45, 7) is 2.80. The second-order valence-corrected chi connectivity index (χ2v) is 8.40. The fourth-order valence-corrected chi connectivity index (χ4v) is 4.71. The second kappa shape index (κ2) is 7.82. The smallest absolute Gasteiger partial charge is 0.279 e. The Kier molecular flexibility index (Phi) is 5.76. The summed E-state index contributed by atoms with van der Waals surface area (Å²) < 4.78 is 40.2. The fraction of sp³-hybridized carbons (Fsp3) is 0.647. The Morgan fingerprint density at radius 3 is 2.75 bits per heavy atom. The van der Waals surface area contributed by atoms with Crippen LogP contribution in [0.5, 0.6) is 5.75 Å². The molecule has 1 N–H and O–H groups in total. The molecule has 0 aliphatic carbocycles. The highest BCUT2D eigenvalue weighted by atomic mass is 32.2. The predicted molar refractivity (Wildman–Crippen MR) is 92.2 cm³/mol. The van der Waals surface area contributed by atoms with Crippen molar-refractivity contribution < 1.29 is 17.9 Å². The number of benzene rings is 1. The van der Waals surface area contributed by atoms with Gasteiger partial charge in [-0.05, 0) is 36.8 Å². The number of fused-ring (bicyclic) bond motifs is 1. The molecule has 7 heteroatoms. The minimum absolute atomic E-state index is 0.167. The summed E-state index contributed by atoms with van der Waals surface area (Å²) >= 11 is 0. The van der Waals surface area contributed by atoms with E-state index in [4.69, 9.17) is 9.47 Å². The van der Waals surface area contributed by atoms with E-state index in [0.29, 0.717) is 38.8 Å². The summed E-state index contributed by atoms with van der Waals surface area (Å²) in [5.41, 5.74) is 1.15. The zero-order chi connectivity index (χ0) is 17.0. The molecule has 0 radical (unpaired) electrons. The zero-order valence-electron chi connectivity index (χ0n) is 14.1. The monoisotopic (exact) mass is 354 g/mol. The van der Waals surface area contributed by atoms with Crippen molar-refractivity contribution in [2.45, 2.75) is 19.3 Å². The molecule has 2 aliphatic rings. The number of nitrogens with zero attached hydrogens (tertiary/aromatic N) is 1. The normalized spacial score (nSPS) is 22.8. The first-order valence-electron chi connectivity index (χ1n) is 8.53. The predicted octanol–water partition coefficient (Wildman–Crippen LogP) is 1.43. The Morgan fingerprint density at radius 1 is 1.25 bits per heavy atom. The van der Waals surface area contributed by atoms with Gasteiger partial charge in [0.15, 0.2) is 0 Å². The molecule has 0 aromatic heterocycles. The maximum Gasteiger partial charge on any atom is 0.279 e. The number of ether oxygens (including phenoxy) is 2. The van der Waals surface area contributed by atoms with Crippen molar-refractivity contribution in [2.24, 2.45) is 11.8 Å². The molecule has 3 rings (SSSR count). The highest BCUT2D eigenvalue weighted by molar-refractivity contribution is 7.87. The lowest BCUT2D eigenvalue weighted by Crippen LogP contribution is -2.47. The van der Waals surface area contributed by atoms with Gasteiger partial charge < -0.3 is 9.47 Å². The van der Waals surface area contributed by atoms with Crippen LogP contribution in [-0.4, -0.2) is 52.7 Å². The molecule has 24 heavy (non-hydrogen) atoms. The molecule has 0 amide bonds. The van der Waals surface area contributed by atoms with Crippen LogP contribution in [0.3, 0.4) is 0 Å². The van der Waals surface area contributed by atoms with Crippen LogP contribution in [0.4, 0.5) is 0 Å². The van der Waals surface area contributed by atoms with Gasteiger partial charge in [-0.25, -0.2) is 4.72 Å². The van der Waals surface area contributed by atoms with E-state index < -0.39 is 10.2 Å². The molecule has 2 aliphatic heterocycles. The zero-order valence-corrected chi connectivity index (χ0v) is 14.9. The molecule has 1 aromatic carbocycles. The quantitative estimate of drug-likeness (QED) is 0.839. The molecule has 1 atom stereocenters. The highest BCUT2D eigenvalue weighted by Crippen LogP contribution is 2.26. The SMILES string of the molecule is COCC1CCN(S(=O)(=O)NCC2COc3ccccc3C2)CC1. The lowest BCUT2D eigenvalue weighted by molar-refractivity contribution is 0.121. The van der Waals surface area contributed by atoms with Crippen LogP contribution in [0, 0.1) is 11.8 Å². The lowest BCUT2D eigenvalue weighted by Gasteiger charge is -2.32. The van der Waals surface area contributed by atoms with Gasteiger partial charge in [-0.3, -0.25) is 0 Å². The van der Waals surface area contributed by atoms with Crippen molar-refractivity contribution in [2.75, 3.05) is 40.0 Å². The van der Waals surface area contributed by atoms with Crippen molar-refractivity contribution in [3.05, 3.63) is 29.8 Å². The van der Waals surface area contributed by atoms with Crippen molar-refractivity contribution in [3.8, 4) is 5.75 Å². The van der Waals surface area contributed by atoms with E-state index in [1.807, 2.05) is 24.3 Å². The summed E-state index contributed by atoms with van der Waals surface area (Å²) in [4.78, 5) is 0. The first-order valence-corrected chi connectivity index (χ1v) is 9.97. The van der Waals surface area contributed by atoms with Crippen LogP contribution >= 0.6 is 0 Å². The maximum atomic E-state index is 12.5. The third-order valence-electron chi connectivity index (χ3n) is 4.83. The Hall–Kier alpha value is -1.15. The van der Waals surface area contributed by atoms with Gasteiger partial charge >= 0.3 is 0 Å². The first-order chi connectivity index (χ1) is 11.6. The van der Waals surface area contributed by atoms with Gasteiger partial charge in [-0.15, -0.1) is 0 Å². The third-order valence-corrected chi connectivity index (χ3v) is 6.40. The van der Waals surface area contributed by atoms with E-state index in [9.17, 15) is 8.42 Å². The van der Waals surface area contributed by atoms with E-state index in [1.165, 1.54) is 0 Å². The number of nitrogens with one attached hydrogen (secondary N) is 1. The average Bonchev–Trinajstić information content (AvgIpc) is 2.61. The highest BCUT2D eigenvalue weighted by Gasteiger charge is 2.29. The van der Waals surface area contributed by atoms with Crippen LogP contribution in [0.2, 0.25) is 0 Å². The van der Waals surface area contributed by atoms with Crippen molar-refractivity contribution in [3.63, 3.8) is 0 Å². The molecule has 1 fully saturated rings. The number of hydrogen-bond acceptors (Lipinski definition) is 4. The number of piperidine rings is 1. The van der Waals surface area contributed by atoms with Crippen LogP contribution in [0.25, 0.3) is 0 Å². The molecule has 1 saturated heterocycles. The topological polar surface area (TPSA) is 67.9 Å². The van der Waals surface area contributed by atoms with Gasteiger partial charge in [-0.1, -0.05) is 18.2 Å². The largest absolute Gasteiger partial charge is 0.493 e. The molecule has 1 unspecified atom stereocenters. The molecule has 0 bridgehead atoms. The minimum atomic E-state index is -3.41. The van der Waals surface area contributed by atoms with E-state index in [1.54, 1.807) is 11.4 Å². The average molecular weight is 354 g/mol. The van der Waals surface area contributed by atoms with Gasteiger partial charge in [0.1, 0.15) is 5.75 Å². The summed E-state index contributed by atoms with van der Waals surface area (Å²) in [5.74, 6) is 1.54. The van der Waals surface area contributed by atoms with E-state index in [-0.39, 0.29) is 5.92 Å². The van der Waals surface area contributed by atoms with Gasteiger partial charge in [0.2, 0.25) is 0 Å². The van der Waals surface area contributed by atoms with Gasteiger partial charge in [-0.2, -0.15) is 12.7 Å². The second-order valence-electron chi connectivity index (χ2n) is 6.64. The molecule has 0 saturated carbocycles. The van der Waals surface area contributed by atoms with Crippen LogP contribution in [-0.2, 0) is 21.4 Å². The molecule has 2 heterocycles.